The van der Waals surface area contributed by atoms with E-state index in [1.165, 1.54) is 0 Å². The molecule has 6 heteroatoms. The molecule has 0 aliphatic carbocycles. The average Bonchev–Trinajstić information content (AvgIpc) is 2.72. The predicted octanol–water partition coefficient (Wildman–Crippen LogP) is 0.686. The number of carbonyl (C=O) groups excluding carboxylic acids is 1. The molecule has 1 fully saturated rings. The molecule has 92 valence electrons. The van der Waals surface area contributed by atoms with Crippen molar-refractivity contribution in [3.63, 3.8) is 0 Å². The molecule has 2 unspecified atom stereocenters. The summed E-state index contributed by atoms with van der Waals surface area (Å²) in [6, 6.07) is 2.13. The number of halogens is 1. The largest absolute Gasteiger partial charge is 0.352 e. The number of pyridine rings is 1. The second kappa shape index (κ2) is 5.57. The summed E-state index contributed by atoms with van der Waals surface area (Å²) in [6.07, 6.45) is 3.22. The Bertz CT molecular complexity index is 412. The number of amides is 1. The van der Waals surface area contributed by atoms with Crippen LogP contribution in [-0.4, -0.2) is 30.0 Å². The van der Waals surface area contributed by atoms with Gasteiger partial charge in [0.25, 0.3) is 5.91 Å². The monoisotopic (exact) mass is 298 g/mol. The molecule has 1 aliphatic rings. The SMILES string of the molecule is CC1NNCC1CNC(=O)c1cncc(Br)c1. The van der Waals surface area contributed by atoms with Crippen LogP contribution in [0.15, 0.2) is 22.9 Å². The Morgan fingerprint density at radius 1 is 1.65 bits per heavy atom. The van der Waals surface area contributed by atoms with Gasteiger partial charge in [0.15, 0.2) is 0 Å². The molecule has 0 spiro atoms. The number of carbonyl (C=O) groups is 1. The van der Waals surface area contributed by atoms with Crippen LogP contribution in [-0.2, 0) is 0 Å². The number of nitrogens with zero attached hydrogens (tertiary/aromatic N) is 1. The first kappa shape index (κ1) is 12.5. The minimum Gasteiger partial charge on any atom is -0.352 e. The molecule has 0 aromatic carbocycles. The van der Waals surface area contributed by atoms with Gasteiger partial charge in [0.2, 0.25) is 0 Å². The number of rotatable bonds is 3. The zero-order chi connectivity index (χ0) is 12.3. The Labute approximate surface area is 108 Å². The topological polar surface area (TPSA) is 66.0 Å². The predicted molar refractivity (Wildman–Crippen MR) is 68.4 cm³/mol. The maximum Gasteiger partial charge on any atom is 0.252 e. The maximum atomic E-state index is 11.8. The van der Waals surface area contributed by atoms with Gasteiger partial charge in [0.05, 0.1) is 5.56 Å². The van der Waals surface area contributed by atoms with Gasteiger partial charge in [-0.1, -0.05) is 0 Å². The van der Waals surface area contributed by atoms with E-state index >= 15 is 0 Å². The van der Waals surface area contributed by atoms with E-state index < -0.39 is 0 Å². The second-order valence-electron chi connectivity index (χ2n) is 4.18. The van der Waals surface area contributed by atoms with Crippen LogP contribution >= 0.6 is 15.9 Å². The second-order valence-corrected chi connectivity index (χ2v) is 5.09. The van der Waals surface area contributed by atoms with Crippen molar-refractivity contribution in [2.75, 3.05) is 13.1 Å². The summed E-state index contributed by atoms with van der Waals surface area (Å²) in [5, 5.41) is 2.92. The van der Waals surface area contributed by atoms with Crippen molar-refractivity contribution < 1.29 is 4.79 Å². The fraction of sp³-hybridized carbons (Fsp3) is 0.455. The summed E-state index contributed by atoms with van der Waals surface area (Å²) >= 11 is 3.29. The Morgan fingerprint density at radius 3 is 3.12 bits per heavy atom. The van der Waals surface area contributed by atoms with Gasteiger partial charge in [-0.15, -0.1) is 0 Å². The number of nitrogens with one attached hydrogen (secondary N) is 3. The van der Waals surface area contributed by atoms with Gasteiger partial charge in [0, 0.05) is 41.9 Å². The highest BCUT2D eigenvalue weighted by molar-refractivity contribution is 9.10. The lowest BCUT2D eigenvalue weighted by molar-refractivity contribution is 0.0947. The van der Waals surface area contributed by atoms with E-state index in [9.17, 15) is 4.79 Å². The molecule has 5 nitrogen and oxygen atoms in total. The van der Waals surface area contributed by atoms with Gasteiger partial charge in [-0.05, 0) is 28.9 Å². The highest BCUT2D eigenvalue weighted by Gasteiger charge is 2.23. The highest BCUT2D eigenvalue weighted by atomic mass is 79.9. The first-order chi connectivity index (χ1) is 8.16. The summed E-state index contributed by atoms with van der Waals surface area (Å²) in [7, 11) is 0. The standard InChI is InChI=1S/C11H15BrN4O/c1-7-9(5-15-16-7)4-14-11(17)8-2-10(12)6-13-3-8/h2-3,6-7,9,15-16H,4-5H2,1H3,(H,14,17). The quantitative estimate of drug-likeness (QED) is 0.768. The van der Waals surface area contributed by atoms with Crippen LogP contribution in [0.2, 0.25) is 0 Å². The molecule has 0 radical (unpaired) electrons. The van der Waals surface area contributed by atoms with Gasteiger partial charge in [-0.25, -0.2) is 0 Å². The van der Waals surface area contributed by atoms with E-state index in [2.05, 4.69) is 44.0 Å². The van der Waals surface area contributed by atoms with E-state index in [1.807, 2.05) is 0 Å². The molecule has 17 heavy (non-hydrogen) atoms. The number of hydrogen-bond acceptors (Lipinski definition) is 4. The van der Waals surface area contributed by atoms with Gasteiger partial charge >= 0.3 is 0 Å². The minimum absolute atomic E-state index is 0.0853. The molecular formula is C11H15BrN4O. The Balaban J connectivity index is 1.89. The van der Waals surface area contributed by atoms with Crippen LogP contribution in [0, 0.1) is 5.92 Å². The smallest absolute Gasteiger partial charge is 0.252 e. The lowest BCUT2D eigenvalue weighted by Crippen LogP contribution is -2.35. The molecule has 3 N–H and O–H groups in total. The summed E-state index contributed by atoms with van der Waals surface area (Å²) in [4.78, 5) is 15.8. The average molecular weight is 299 g/mol. The highest BCUT2D eigenvalue weighted by Crippen LogP contribution is 2.10. The van der Waals surface area contributed by atoms with E-state index in [4.69, 9.17) is 0 Å². The molecule has 0 saturated carbocycles. The molecule has 1 amide bonds. The zero-order valence-corrected chi connectivity index (χ0v) is 11.1. The van der Waals surface area contributed by atoms with Gasteiger partial charge in [-0.3, -0.25) is 20.6 Å². The van der Waals surface area contributed by atoms with Crippen molar-refractivity contribution in [3.8, 4) is 0 Å². The first-order valence-electron chi connectivity index (χ1n) is 5.54. The summed E-state index contributed by atoms with van der Waals surface area (Å²) in [5.41, 5.74) is 6.77. The van der Waals surface area contributed by atoms with Crippen molar-refractivity contribution in [3.05, 3.63) is 28.5 Å². The number of hydrogen-bond donors (Lipinski definition) is 3. The maximum absolute atomic E-state index is 11.8. The van der Waals surface area contributed by atoms with E-state index in [0.717, 1.165) is 11.0 Å². The van der Waals surface area contributed by atoms with Crippen LogP contribution in [0.1, 0.15) is 17.3 Å². The van der Waals surface area contributed by atoms with Crippen LogP contribution in [0.25, 0.3) is 0 Å². The Hall–Kier alpha value is -0.980. The zero-order valence-electron chi connectivity index (χ0n) is 9.53. The molecule has 0 bridgehead atoms. The molecule has 1 aromatic heterocycles. The third-order valence-electron chi connectivity index (χ3n) is 2.89. The summed E-state index contributed by atoms with van der Waals surface area (Å²) < 4.78 is 0.808. The van der Waals surface area contributed by atoms with Gasteiger partial charge in [0.1, 0.15) is 0 Å². The Kier molecular flexibility index (Phi) is 4.09. The normalized spacial score (nSPS) is 23.6. The van der Waals surface area contributed by atoms with Crippen LogP contribution in [0.3, 0.4) is 0 Å². The molecule has 1 aromatic rings. The lowest BCUT2D eigenvalue weighted by Gasteiger charge is -2.14. The van der Waals surface area contributed by atoms with E-state index in [1.54, 1.807) is 18.5 Å². The van der Waals surface area contributed by atoms with Crippen molar-refractivity contribution in [1.29, 1.82) is 0 Å². The lowest BCUT2D eigenvalue weighted by atomic mass is 10.0. The third kappa shape index (κ3) is 3.24. The van der Waals surface area contributed by atoms with Crippen molar-refractivity contribution in [2.24, 2.45) is 5.92 Å². The molecule has 2 heterocycles. The van der Waals surface area contributed by atoms with Crippen molar-refractivity contribution in [1.82, 2.24) is 21.2 Å². The van der Waals surface area contributed by atoms with Crippen LogP contribution in [0.5, 0.6) is 0 Å². The van der Waals surface area contributed by atoms with E-state index in [-0.39, 0.29) is 5.91 Å². The Morgan fingerprint density at radius 2 is 2.47 bits per heavy atom. The molecule has 1 aliphatic heterocycles. The third-order valence-corrected chi connectivity index (χ3v) is 3.33. The molecular weight excluding hydrogens is 284 g/mol. The molecule has 2 rings (SSSR count). The van der Waals surface area contributed by atoms with Gasteiger partial charge < -0.3 is 5.32 Å². The minimum atomic E-state index is -0.0853. The fourth-order valence-corrected chi connectivity index (χ4v) is 2.12. The fourth-order valence-electron chi connectivity index (χ4n) is 1.76. The van der Waals surface area contributed by atoms with Crippen molar-refractivity contribution in [2.45, 2.75) is 13.0 Å². The number of hydrazine groups is 1. The summed E-state index contributed by atoms with van der Waals surface area (Å²) in [5.74, 6) is 0.331. The van der Waals surface area contributed by atoms with Crippen molar-refractivity contribution >= 4 is 21.8 Å². The van der Waals surface area contributed by atoms with Gasteiger partial charge in [-0.2, -0.15) is 0 Å². The molecule has 2 atom stereocenters. The van der Waals surface area contributed by atoms with Crippen LogP contribution in [0.4, 0.5) is 0 Å². The first-order valence-corrected chi connectivity index (χ1v) is 6.33. The summed E-state index contributed by atoms with van der Waals surface area (Å²) in [6.45, 7) is 3.63. The number of aromatic nitrogens is 1. The molecule has 1 saturated heterocycles. The van der Waals surface area contributed by atoms with Crippen LogP contribution < -0.4 is 16.2 Å². The van der Waals surface area contributed by atoms with E-state index in [0.29, 0.717) is 24.1 Å².